The Balaban J connectivity index is 2.73. The molecule has 98 valence electrons. The fourth-order valence-corrected chi connectivity index (χ4v) is 1.29. The molecule has 0 spiro atoms. The van der Waals surface area contributed by atoms with E-state index in [9.17, 15) is 4.79 Å². The van der Waals surface area contributed by atoms with Crippen LogP contribution in [-0.2, 0) is 9.53 Å². The number of carbonyl (C=O) groups is 1. The van der Waals surface area contributed by atoms with Gasteiger partial charge >= 0.3 is 0 Å². The Morgan fingerprint density at radius 3 is 3.11 bits per heavy atom. The Morgan fingerprint density at radius 1 is 1.67 bits per heavy atom. The van der Waals surface area contributed by atoms with Gasteiger partial charge < -0.3 is 15.8 Å². The van der Waals surface area contributed by atoms with E-state index < -0.39 is 0 Å². The highest BCUT2D eigenvalue weighted by molar-refractivity contribution is 6.28. The third-order valence-electron chi connectivity index (χ3n) is 1.96. The van der Waals surface area contributed by atoms with E-state index in [2.05, 4.69) is 15.3 Å². The summed E-state index contributed by atoms with van der Waals surface area (Å²) in [6, 6.07) is 0. The van der Waals surface area contributed by atoms with E-state index >= 15 is 0 Å². The Kier molecular flexibility index (Phi) is 5.93. The molecule has 1 aromatic rings. The van der Waals surface area contributed by atoms with Crippen molar-refractivity contribution in [1.82, 2.24) is 9.97 Å². The predicted octanol–water partition coefficient (Wildman–Crippen LogP) is 1.42. The number of nitrogens with one attached hydrogen (secondary N) is 1. The van der Waals surface area contributed by atoms with E-state index in [1.54, 1.807) is 18.5 Å². The Morgan fingerprint density at radius 2 is 2.44 bits per heavy atom. The van der Waals surface area contributed by atoms with E-state index in [4.69, 9.17) is 22.1 Å². The molecule has 0 aliphatic rings. The Labute approximate surface area is 110 Å². The molecule has 0 saturated carbocycles. The van der Waals surface area contributed by atoms with Crippen LogP contribution in [0.15, 0.2) is 12.5 Å². The van der Waals surface area contributed by atoms with Crippen molar-refractivity contribution < 1.29 is 9.53 Å². The van der Waals surface area contributed by atoms with Crippen LogP contribution in [0.2, 0.25) is 5.28 Å². The third kappa shape index (κ3) is 5.01. The predicted molar refractivity (Wildman–Crippen MR) is 70.0 cm³/mol. The zero-order valence-corrected chi connectivity index (χ0v) is 10.8. The SMILES string of the molecule is CCOC=Cc1cnc(Cl)nc1NCCC(N)=O. The summed E-state index contributed by atoms with van der Waals surface area (Å²) in [7, 11) is 0. The highest BCUT2D eigenvalue weighted by Gasteiger charge is 2.04. The summed E-state index contributed by atoms with van der Waals surface area (Å²) in [6.45, 7) is 2.85. The fraction of sp³-hybridized carbons (Fsp3) is 0.364. The number of amides is 1. The third-order valence-corrected chi connectivity index (χ3v) is 2.14. The van der Waals surface area contributed by atoms with Gasteiger partial charge in [0.2, 0.25) is 11.2 Å². The normalized spacial score (nSPS) is 10.6. The standard InChI is InChI=1S/C11H15ClN4O2/c1-2-18-6-4-8-7-15-11(12)16-10(8)14-5-3-9(13)17/h4,6-7H,2-3,5H2,1H3,(H2,13,17)(H,14,15,16). The molecule has 1 rings (SSSR count). The van der Waals surface area contributed by atoms with Crippen molar-refractivity contribution in [3.63, 3.8) is 0 Å². The van der Waals surface area contributed by atoms with Gasteiger partial charge in [0.15, 0.2) is 0 Å². The number of halogens is 1. The number of hydrogen-bond acceptors (Lipinski definition) is 5. The highest BCUT2D eigenvalue weighted by Crippen LogP contribution is 2.15. The maximum atomic E-state index is 10.6. The molecule has 1 heterocycles. The van der Waals surface area contributed by atoms with Crippen LogP contribution in [0.3, 0.4) is 0 Å². The lowest BCUT2D eigenvalue weighted by molar-refractivity contribution is -0.117. The number of aromatic nitrogens is 2. The molecule has 0 bridgehead atoms. The lowest BCUT2D eigenvalue weighted by Gasteiger charge is -2.07. The molecule has 0 unspecified atom stereocenters. The number of nitrogens with two attached hydrogens (primary N) is 1. The second-order valence-electron chi connectivity index (χ2n) is 3.34. The topological polar surface area (TPSA) is 90.1 Å². The minimum atomic E-state index is -0.380. The summed E-state index contributed by atoms with van der Waals surface area (Å²) >= 11 is 5.71. The summed E-state index contributed by atoms with van der Waals surface area (Å²) in [5, 5.41) is 3.10. The number of rotatable bonds is 7. The number of hydrogen-bond donors (Lipinski definition) is 2. The number of anilines is 1. The van der Waals surface area contributed by atoms with Crippen LogP contribution in [0.4, 0.5) is 5.82 Å². The summed E-state index contributed by atoms with van der Waals surface area (Å²) in [4.78, 5) is 18.6. The maximum Gasteiger partial charge on any atom is 0.224 e. The molecule has 0 aliphatic carbocycles. The molecule has 7 heteroatoms. The Bertz CT molecular complexity index is 437. The monoisotopic (exact) mass is 270 g/mol. The quantitative estimate of drug-likeness (QED) is 0.578. The average molecular weight is 271 g/mol. The van der Waals surface area contributed by atoms with Crippen LogP contribution < -0.4 is 11.1 Å². The van der Waals surface area contributed by atoms with Gasteiger partial charge in [0.05, 0.1) is 12.9 Å². The first-order valence-electron chi connectivity index (χ1n) is 5.46. The molecule has 0 aromatic carbocycles. The molecule has 0 saturated heterocycles. The van der Waals surface area contributed by atoms with E-state index in [1.807, 2.05) is 6.92 Å². The minimum absolute atomic E-state index is 0.130. The minimum Gasteiger partial charge on any atom is -0.501 e. The molecule has 1 aromatic heterocycles. The smallest absolute Gasteiger partial charge is 0.224 e. The zero-order valence-electron chi connectivity index (χ0n) is 10.0. The lowest BCUT2D eigenvalue weighted by Crippen LogP contribution is -2.16. The molecule has 1 amide bonds. The van der Waals surface area contributed by atoms with E-state index in [1.165, 1.54) is 0 Å². The van der Waals surface area contributed by atoms with Gasteiger partial charge in [-0.3, -0.25) is 4.79 Å². The average Bonchev–Trinajstić information content (AvgIpc) is 2.31. The first-order valence-corrected chi connectivity index (χ1v) is 5.84. The van der Waals surface area contributed by atoms with Crippen molar-refractivity contribution in [2.45, 2.75) is 13.3 Å². The van der Waals surface area contributed by atoms with Crippen LogP contribution in [-0.4, -0.2) is 29.0 Å². The zero-order chi connectivity index (χ0) is 13.4. The molecular formula is C11H15ClN4O2. The van der Waals surface area contributed by atoms with Crippen LogP contribution in [0.1, 0.15) is 18.9 Å². The van der Waals surface area contributed by atoms with Crippen molar-refractivity contribution in [2.75, 3.05) is 18.5 Å². The second kappa shape index (κ2) is 7.50. The molecule has 0 aliphatic heterocycles. The van der Waals surface area contributed by atoms with Gasteiger partial charge in [-0.15, -0.1) is 0 Å². The summed E-state index contributed by atoms with van der Waals surface area (Å²) in [5.74, 6) is 0.154. The van der Waals surface area contributed by atoms with Gasteiger partial charge in [0, 0.05) is 24.7 Å². The summed E-state index contributed by atoms with van der Waals surface area (Å²) in [5.41, 5.74) is 5.77. The number of primary amides is 1. The van der Waals surface area contributed by atoms with Gasteiger partial charge in [0.25, 0.3) is 0 Å². The number of nitrogens with zero attached hydrogens (tertiary/aromatic N) is 2. The van der Waals surface area contributed by atoms with Crippen LogP contribution >= 0.6 is 11.6 Å². The van der Waals surface area contributed by atoms with E-state index in [-0.39, 0.29) is 17.6 Å². The first kappa shape index (κ1) is 14.2. The van der Waals surface area contributed by atoms with Crippen molar-refractivity contribution in [3.05, 3.63) is 23.3 Å². The van der Waals surface area contributed by atoms with Crippen LogP contribution in [0, 0.1) is 0 Å². The maximum absolute atomic E-state index is 10.6. The highest BCUT2D eigenvalue weighted by atomic mass is 35.5. The lowest BCUT2D eigenvalue weighted by atomic mass is 10.3. The molecule has 6 nitrogen and oxygen atoms in total. The van der Waals surface area contributed by atoms with Gasteiger partial charge in [-0.2, -0.15) is 0 Å². The fourth-order valence-electron chi connectivity index (χ4n) is 1.15. The van der Waals surface area contributed by atoms with E-state index in [0.29, 0.717) is 19.0 Å². The molecule has 3 N–H and O–H groups in total. The van der Waals surface area contributed by atoms with E-state index in [0.717, 1.165) is 5.56 Å². The van der Waals surface area contributed by atoms with Crippen LogP contribution in [0.25, 0.3) is 6.08 Å². The number of ether oxygens (including phenoxy) is 1. The molecule has 0 radical (unpaired) electrons. The molecule has 0 atom stereocenters. The number of carbonyl (C=O) groups excluding carboxylic acids is 1. The van der Waals surface area contributed by atoms with Gasteiger partial charge in [0.1, 0.15) is 5.82 Å². The summed E-state index contributed by atoms with van der Waals surface area (Å²) in [6.07, 6.45) is 5.05. The first-order chi connectivity index (χ1) is 8.63. The second-order valence-corrected chi connectivity index (χ2v) is 3.68. The van der Waals surface area contributed by atoms with Crippen molar-refractivity contribution >= 4 is 29.4 Å². The molecule has 18 heavy (non-hydrogen) atoms. The van der Waals surface area contributed by atoms with Gasteiger partial charge in [-0.25, -0.2) is 9.97 Å². The van der Waals surface area contributed by atoms with Crippen molar-refractivity contribution in [3.8, 4) is 0 Å². The van der Waals surface area contributed by atoms with Gasteiger partial charge in [-0.05, 0) is 24.6 Å². The molecule has 0 fully saturated rings. The van der Waals surface area contributed by atoms with Gasteiger partial charge in [-0.1, -0.05) is 0 Å². The van der Waals surface area contributed by atoms with Crippen molar-refractivity contribution in [2.24, 2.45) is 5.73 Å². The van der Waals surface area contributed by atoms with Crippen LogP contribution in [0.5, 0.6) is 0 Å². The van der Waals surface area contributed by atoms with Crippen molar-refractivity contribution in [1.29, 1.82) is 0 Å². The Hall–Kier alpha value is -1.82. The molecular weight excluding hydrogens is 256 g/mol. The summed E-state index contributed by atoms with van der Waals surface area (Å²) < 4.78 is 5.09. The largest absolute Gasteiger partial charge is 0.501 e.